The first-order valence-electron chi connectivity index (χ1n) is 10.5. The van der Waals surface area contributed by atoms with Crippen molar-refractivity contribution >= 4 is 22.6 Å². The van der Waals surface area contributed by atoms with Gasteiger partial charge in [-0.3, -0.25) is 4.79 Å². The summed E-state index contributed by atoms with van der Waals surface area (Å²) in [6, 6.07) is 11.4. The van der Waals surface area contributed by atoms with Gasteiger partial charge < -0.3 is 15.2 Å². The number of rotatable bonds is 6. The molecule has 0 fully saturated rings. The molecule has 7 heteroatoms. The van der Waals surface area contributed by atoms with E-state index in [9.17, 15) is 13.6 Å². The summed E-state index contributed by atoms with van der Waals surface area (Å²) in [6.07, 6.45) is 6.44. The Hall–Kier alpha value is -3.84. The van der Waals surface area contributed by atoms with Crippen LogP contribution < -0.4 is 5.32 Å². The predicted octanol–water partition coefficient (Wildman–Crippen LogP) is 5.54. The normalized spacial score (nSPS) is 11.6. The lowest BCUT2D eigenvalue weighted by Crippen LogP contribution is -2.13. The van der Waals surface area contributed by atoms with E-state index in [4.69, 9.17) is 0 Å². The second kappa shape index (κ2) is 9.34. The summed E-state index contributed by atoms with van der Waals surface area (Å²) in [6.45, 7) is 2.34. The second-order valence-corrected chi connectivity index (χ2v) is 8.11. The number of benzene rings is 2. The number of aryl methyl sites for hydroxylation is 1. The Morgan fingerprint density at radius 2 is 1.94 bits per heavy atom. The molecule has 0 unspecified atom stereocenters. The molecular formula is C26H24F2N4O. The van der Waals surface area contributed by atoms with E-state index in [1.54, 1.807) is 55.7 Å². The summed E-state index contributed by atoms with van der Waals surface area (Å²) in [5.74, 6) is -1.05. The number of nitrogens with zero attached hydrogens (tertiary/aromatic N) is 2. The third-order valence-corrected chi connectivity index (χ3v) is 5.30. The Balaban J connectivity index is 1.69. The van der Waals surface area contributed by atoms with Crippen molar-refractivity contribution in [2.75, 3.05) is 26.0 Å². The maximum absolute atomic E-state index is 14.7. The molecule has 2 N–H and O–H groups in total. The maximum atomic E-state index is 14.7. The SMILES string of the molecule is Cc1cccc(-c2c[nH]c3ncc(-c4cc(NC(=O)/C=C/CN(C)C)ccc4F)cc23)c1F. The molecule has 0 aliphatic carbocycles. The molecule has 0 spiro atoms. The number of carbonyl (C=O) groups excluding carboxylic acids is 1. The summed E-state index contributed by atoms with van der Waals surface area (Å²) in [7, 11) is 3.81. The molecule has 2 aromatic carbocycles. The van der Waals surface area contributed by atoms with E-state index in [0.717, 1.165) is 0 Å². The Morgan fingerprint density at radius 1 is 1.12 bits per heavy atom. The molecule has 4 rings (SSSR count). The van der Waals surface area contributed by atoms with E-state index in [-0.39, 0.29) is 17.3 Å². The molecule has 168 valence electrons. The van der Waals surface area contributed by atoms with Gasteiger partial charge in [-0.1, -0.05) is 24.3 Å². The lowest BCUT2D eigenvalue weighted by Gasteiger charge is -2.09. The van der Waals surface area contributed by atoms with Gasteiger partial charge in [-0.15, -0.1) is 0 Å². The molecule has 5 nitrogen and oxygen atoms in total. The summed E-state index contributed by atoms with van der Waals surface area (Å²) in [4.78, 5) is 21.5. The number of hydrogen-bond acceptors (Lipinski definition) is 3. The zero-order chi connectivity index (χ0) is 23.5. The second-order valence-electron chi connectivity index (χ2n) is 8.11. The number of hydrogen-bond donors (Lipinski definition) is 2. The Kier molecular flexibility index (Phi) is 6.33. The van der Waals surface area contributed by atoms with Gasteiger partial charge >= 0.3 is 0 Å². The van der Waals surface area contributed by atoms with Gasteiger partial charge in [0, 0.05) is 58.3 Å². The number of fused-ring (bicyclic) bond motifs is 1. The van der Waals surface area contributed by atoms with Crippen molar-refractivity contribution in [2.45, 2.75) is 6.92 Å². The van der Waals surface area contributed by atoms with E-state index in [1.807, 2.05) is 19.0 Å². The zero-order valence-electron chi connectivity index (χ0n) is 18.6. The molecule has 0 radical (unpaired) electrons. The number of aromatic amines is 1. The van der Waals surface area contributed by atoms with Crippen molar-refractivity contribution in [3.05, 3.63) is 84.2 Å². The number of halogens is 2. The minimum absolute atomic E-state index is 0.288. The van der Waals surface area contributed by atoms with E-state index in [0.29, 0.717) is 45.5 Å². The molecular weight excluding hydrogens is 422 g/mol. The van der Waals surface area contributed by atoms with Gasteiger partial charge in [0.1, 0.15) is 17.3 Å². The fourth-order valence-electron chi connectivity index (χ4n) is 3.61. The average molecular weight is 447 g/mol. The third-order valence-electron chi connectivity index (χ3n) is 5.30. The molecule has 33 heavy (non-hydrogen) atoms. The smallest absolute Gasteiger partial charge is 0.248 e. The number of H-pyrrole nitrogens is 1. The fourth-order valence-corrected chi connectivity index (χ4v) is 3.61. The number of carbonyl (C=O) groups is 1. The van der Waals surface area contributed by atoms with Gasteiger partial charge in [-0.2, -0.15) is 0 Å². The van der Waals surface area contributed by atoms with E-state index >= 15 is 0 Å². The highest BCUT2D eigenvalue weighted by Gasteiger charge is 2.15. The molecule has 0 aliphatic rings. The summed E-state index contributed by atoms with van der Waals surface area (Å²) in [5.41, 5.74) is 3.49. The molecule has 2 heterocycles. The molecule has 0 saturated carbocycles. The van der Waals surface area contributed by atoms with Gasteiger partial charge in [0.05, 0.1) is 0 Å². The van der Waals surface area contributed by atoms with Gasteiger partial charge in [0.25, 0.3) is 0 Å². The van der Waals surface area contributed by atoms with Crippen molar-refractivity contribution in [2.24, 2.45) is 0 Å². The van der Waals surface area contributed by atoms with Crippen LogP contribution in [0.4, 0.5) is 14.5 Å². The summed E-state index contributed by atoms with van der Waals surface area (Å²) < 4.78 is 29.5. The molecule has 0 saturated heterocycles. The average Bonchev–Trinajstić information content (AvgIpc) is 3.20. The van der Waals surface area contributed by atoms with Crippen LogP contribution in [-0.4, -0.2) is 41.4 Å². The Labute approximate surface area is 190 Å². The van der Waals surface area contributed by atoms with Crippen LogP contribution in [0.15, 0.2) is 67.0 Å². The first kappa shape index (κ1) is 22.4. The highest BCUT2D eigenvalue weighted by molar-refractivity contribution is 6.00. The van der Waals surface area contributed by atoms with Gasteiger partial charge in [0.15, 0.2) is 0 Å². The zero-order valence-corrected chi connectivity index (χ0v) is 18.6. The minimum atomic E-state index is -0.448. The first-order valence-corrected chi connectivity index (χ1v) is 10.5. The van der Waals surface area contributed by atoms with Crippen molar-refractivity contribution in [3.63, 3.8) is 0 Å². The van der Waals surface area contributed by atoms with Crippen molar-refractivity contribution in [1.82, 2.24) is 14.9 Å². The number of pyridine rings is 1. The van der Waals surface area contributed by atoms with Crippen LogP contribution in [0.3, 0.4) is 0 Å². The Morgan fingerprint density at radius 3 is 2.73 bits per heavy atom. The standard InChI is InChI=1S/C26H24F2N4O/c1-16-6-4-7-19(25(16)28)22-15-30-26-21(22)12-17(14-29-26)20-13-18(9-10-23(20)27)31-24(33)8-5-11-32(2)3/h4-10,12-15H,11H2,1-3H3,(H,29,30)(H,31,33)/b8-5+. The minimum Gasteiger partial charge on any atom is -0.346 e. The lowest BCUT2D eigenvalue weighted by atomic mass is 10.00. The van der Waals surface area contributed by atoms with Crippen LogP contribution >= 0.6 is 0 Å². The van der Waals surface area contributed by atoms with Crippen LogP contribution in [0, 0.1) is 18.6 Å². The topological polar surface area (TPSA) is 61.0 Å². The first-order chi connectivity index (χ1) is 15.8. The van der Waals surface area contributed by atoms with Crippen LogP contribution in [-0.2, 0) is 4.79 Å². The van der Waals surface area contributed by atoms with Gasteiger partial charge in [0.2, 0.25) is 5.91 Å². The predicted molar refractivity (Wildman–Crippen MR) is 128 cm³/mol. The van der Waals surface area contributed by atoms with Crippen LogP contribution in [0.2, 0.25) is 0 Å². The highest BCUT2D eigenvalue weighted by Crippen LogP contribution is 2.34. The van der Waals surface area contributed by atoms with E-state index in [1.165, 1.54) is 18.2 Å². The van der Waals surface area contributed by atoms with Gasteiger partial charge in [-0.05, 0) is 50.8 Å². The summed E-state index contributed by atoms with van der Waals surface area (Å²) >= 11 is 0. The van der Waals surface area contributed by atoms with Crippen molar-refractivity contribution < 1.29 is 13.6 Å². The number of anilines is 1. The van der Waals surface area contributed by atoms with Gasteiger partial charge in [-0.25, -0.2) is 13.8 Å². The van der Waals surface area contributed by atoms with Crippen LogP contribution in [0.25, 0.3) is 33.3 Å². The van der Waals surface area contributed by atoms with Crippen LogP contribution in [0.1, 0.15) is 5.56 Å². The lowest BCUT2D eigenvalue weighted by molar-refractivity contribution is -0.111. The maximum Gasteiger partial charge on any atom is 0.248 e. The summed E-state index contributed by atoms with van der Waals surface area (Å²) in [5, 5.41) is 3.43. The largest absolute Gasteiger partial charge is 0.346 e. The quantitative estimate of drug-likeness (QED) is 0.382. The molecule has 0 aliphatic heterocycles. The molecule has 4 aromatic rings. The highest BCUT2D eigenvalue weighted by atomic mass is 19.1. The Bertz CT molecular complexity index is 1360. The number of aromatic nitrogens is 2. The van der Waals surface area contributed by atoms with E-state index < -0.39 is 5.82 Å². The third kappa shape index (κ3) is 4.83. The fraction of sp³-hybridized carbons (Fsp3) is 0.154. The monoisotopic (exact) mass is 446 g/mol. The number of nitrogens with one attached hydrogen (secondary N) is 2. The van der Waals surface area contributed by atoms with Crippen molar-refractivity contribution in [3.8, 4) is 22.3 Å². The molecule has 0 atom stereocenters. The molecule has 2 aromatic heterocycles. The van der Waals surface area contributed by atoms with E-state index in [2.05, 4.69) is 15.3 Å². The number of likely N-dealkylation sites (N-methyl/N-ethyl adjacent to an activating group) is 1. The number of amides is 1. The van der Waals surface area contributed by atoms with Crippen molar-refractivity contribution in [1.29, 1.82) is 0 Å². The molecule has 0 bridgehead atoms. The molecule has 1 amide bonds. The van der Waals surface area contributed by atoms with Crippen LogP contribution in [0.5, 0.6) is 0 Å².